The maximum atomic E-state index is 11.7. The Labute approximate surface area is 85.8 Å². The van der Waals surface area contributed by atoms with Gasteiger partial charge in [0.2, 0.25) is 0 Å². The molecule has 0 aromatic carbocycles. The van der Waals surface area contributed by atoms with Crippen LogP contribution in [0, 0.1) is 0 Å². The summed E-state index contributed by atoms with van der Waals surface area (Å²) in [5.74, 6) is 0. The predicted octanol–water partition coefficient (Wildman–Crippen LogP) is 1.01. The first-order chi connectivity index (χ1) is 6.52. The summed E-state index contributed by atoms with van der Waals surface area (Å²) in [6.07, 6.45) is -4.44. The summed E-state index contributed by atoms with van der Waals surface area (Å²) in [6.45, 7) is 2.99. The van der Waals surface area contributed by atoms with E-state index in [2.05, 4.69) is 5.32 Å². The average molecular weight is 228 g/mol. The van der Waals surface area contributed by atoms with E-state index in [9.17, 15) is 23.1 Å². The van der Waals surface area contributed by atoms with E-state index in [0.717, 1.165) is 0 Å². The van der Waals surface area contributed by atoms with E-state index >= 15 is 0 Å². The summed E-state index contributed by atoms with van der Waals surface area (Å²) in [5, 5.41) is 13.2. The lowest BCUT2D eigenvalue weighted by Gasteiger charge is -2.26. The van der Waals surface area contributed by atoms with E-state index in [1.54, 1.807) is 5.32 Å². The third-order valence-corrected chi connectivity index (χ3v) is 1.86. The van der Waals surface area contributed by atoms with Gasteiger partial charge in [0, 0.05) is 0 Å². The number of hydrogen-bond donors (Lipinski definition) is 3. The Morgan fingerprint density at radius 3 is 2.20 bits per heavy atom. The van der Waals surface area contributed by atoms with Crippen LogP contribution < -0.4 is 10.6 Å². The zero-order valence-electron chi connectivity index (χ0n) is 8.77. The zero-order chi connectivity index (χ0) is 12.3. The van der Waals surface area contributed by atoms with Crippen LogP contribution in [0.3, 0.4) is 0 Å². The molecular weight excluding hydrogens is 213 g/mol. The first-order valence-corrected chi connectivity index (χ1v) is 4.36. The van der Waals surface area contributed by atoms with Crippen LogP contribution in [0.4, 0.5) is 18.0 Å². The predicted molar refractivity (Wildman–Crippen MR) is 48.3 cm³/mol. The van der Waals surface area contributed by atoms with Gasteiger partial charge in [-0.1, -0.05) is 0 Å². The molecule has 0 spiro atoms. The maximum absolute atomic E-state index is 11.7. The second-order valence-corrected chi connectivity index (χ2v) is 3.82. The van der Waals surface area contributed by atoms with Gasteiger partial charge in [0.05, 0.1) is 11.6 Å². The van der Waals surface area contributed by atoms with Crippen LogP contribution in [-0.4, -0.2) is 35.5 Å². The molecule has 15 heavy (non-hydrogen) atoms. The topological polar surface area (TPSA) is 61.4 Å². The van der Waals surface area contributed by atoms with Crippen LogP contribution in [0.25, 0.3) is 0 Å². The Kier molecular flexibility index (Phi) is 4.39. The summed E-state index contributed by atoms with van der Waals surface area (Å²) in [7, 11) is 0. The van der Waals surface area contributed by atoms with Gasteiger partial charge in [0.15, 0.2) is 0 Å². The monoisotopic (exact) mass is 228 g/mol. The van der Waals surface area contributed by atoms with Gasteiger partial charge in [-0.15, -0.1) is 0 Å². The van der Waals surface area contributed by atoms with Crippen molar-refractivity contribution >= 4 is 6.03 Å². The SMILES string of the molecule is C[C@@H](NC(=O)NCC(F)(F)F)C(C)(C)O. The van der Waals surface area contributed by atoms with Crippen molar-refractivity contribution in [1.29, 1.82) is 0 Å². The Morgan fingerprint density at radius 2 is 1.87 bits per heavy atom. The summed E-state index contributed by atoms with van der Waals surface area (Å²) in [6, 6.07) is -1.60. The van der Waals surface area contributed by atoms with Gasteiger partial charge in [0.1, 0.15) is 6.54 Å². The highest BCUT2D eigenvalue weighted by molar-refractivity contribution is 5.74. The van der Waals surface area contributed by atoms with E-state index in [4.69, 9.17) is 0 Å². The molecule has 0 fully saturated rings. The number of carbonyl (C=O) groups is 1. The van der Waals surface area contributed by atoms with Gasteiger partial charge in [-0.05, 0) is 20.8 Å². The quantitative estimate of drug-likeness (QED) is 0.675. The molecule has 0 saturated heterocycles. The lowest BCUT2D eigenvalue weighted by molar-refractivity contribution is -0.122. The number of aliphatic hydroxyl groups is 1. The minimum absolute atomic E-state index is 0.647. The molecule has 2 amide bonds. The first kappa shape index (κ1) is 14.0. The van der Waals surface area contributed by atoms with Crippen LogP contribution >= 0.6 is 0 Å². The Morgan fingerprint density at radius 1 is 1.40 bits per heavy atom. The molecule has 0 aromatic rings. The molecule has 0 heterocycles. The molecule has 0 unspecified atom stereocenters. The van der Waals surface area contributed by atoms with Crippen LogP contribution in [0.2, 0.25) is 0 Å². The largest absolute Gasteiger partial charge is 0.405 e. The molecule has 4 nitrogen and oxygen atoms in total. The van der Waals surface area contributed by atoms with Crippen molar-refractivity contribution in [2.24, 2.45) is 0 Å². The van der Waals surface area contributed by atoms with Crippen molar-refractivity contribution in [3.63, 3.8) is 0 Å². The number of nitrogens with one attached hydrogen (secondary N) is 2. The van der Waals surface area contributed by atoms with Crippen molar-refractivity contribution in [2.75, 3.05) is 6.54 Å². The number of alkyl halides is 3. The smallest absolute Gasteiger partial charge is 0.388 e. The molecule has 1 atom stereocenters. The minimum Gasteiger partial charge on any atom is -0.388 e. The average Bonchev–Trinajstić information content (AvgIpc) is 1.97. The van der Waals surface area contributed by atoms with Gasteiger partial charge in [-0.2, -0.15) is 13.2 Å². The fourth-order valence-corrected chi connectivity index (χ4v) is 0.605. The molecule has 0 saturated carbocycles. The number of hydrogen-bond acceptors (Lipinski definition) is 2. The number of rotatable bonds is 3. The number of carbonyl (C=O) groups excluding carboxylic acids is 1. The minimum atomic E-state index is -4.44. The maximum Gasteiger partial charge on any atom is 0.405 e. The lowest BCUT2D eigenvalue weighted by Crippen LogP contribution is -2.51. The standard InChI is InChI=1S/C8H15F3N2O2/c1-5(7(2,3)15)13-6(14)12-4-8(9,10)11/h5,15H,4H2,1-3H3,(H2,12,13,14)/t5-/m1/s1. The highest BCUT2D eigenvalue weighted by Gasteiger charge is 2.29. The van der Waals surface area contributed by atoms with E-state index in [-0.39, 0.29) is 0 Å². The van der Waals surface area contributed by atoms with Gasteiger partial charge in [-0.3, -0.25) is 0 Å². The van der Waals surface area contributed by atoms with E-state index in [0.29, 0.717) is 0 Å². The second-order valence-electron chi connectivity index (χ2n) is 3.82. The van der Waals surface area contributed by atoms with Crippen molar-refractivity contribution in [2.45, 2.75) is 38.6 Å². The lowest BCUT2D eigenvalue weighted by atomic mass is 10.0. The molecule has 0 aliphatic heterocycles. The van der Waals surface area contributed by atoms with E-state index in [1.165, 1.54) is 20.8 Å². The van der Waals surface area contributed by atoms with Crippen LogP contribution in [0.1, 0.15) is 20.8 Å². The zero-order valence-corrected chi connectivity index (χ0v) is 8.77. The first-order valence-electron chi connectivity index (χ1n) is 4.36. The third kappa shape index (κ3) is 7.01. The van der Waals surface area contributed by atoms with Crippen LogP contribution in [0.5, 0.6) is 0 Å². The molecule has 0 radical (unpaired) electrons. The second kappa shape index (κ2) is 4.69. The molecule has 0 aromatic heterocycles. The third-order valence-electron chi connectivity index (χ3n) is 1.86. The molecule has 7 heteroatoms. The Hall–Kier alpha value is -0.980. The molecule has 0 aliphatic rings. The molecule has 3 N–H and O–H groups in total. The fourth-order valence-electron chi connectivity index (χ4n) is 0.605. The van der Waals surface area contributed by atoms with Gasteiger partial charge < -0.3 is 15.7 Å². The van der Waals surface area contributed by atoms with Crippen molar-refractivity contribution in [3.8, 4) is 0 Å². The Balaban J connectivity index is 3.96. The fraction of sp³-hybridized carbons (Fsp3) is 0.875. The van der Waals surface area contributed by atoms with Gasteiger partial charge in [-0.25, -0.2) is 4.79 Å². The van der Waals surface area contributed by atoms with Crippen LogP contribution in [0.15, 0.2) is 0 Å². The van der Waals surface area contributed by atoms with Crippen molar-refractivity contribution in [3.05, 3.63) is 0 Å². The van der Waals surface area contributed by atoms with E-state index in [1.807, 2.05) is 0 Å². The number of amides is 2. The summed E-state index contributed by atoms with van der Waals surface area (Å²) < 4.78 is 35.1. The number of halogens is 3. The molecule has 0 aliphatic carbocycles. The Bertz CT molecular complexity index is 223. The summed E-state index contributed by atoms with van der Waals surface area (Å²) in [5.41, 5.74) is -1.18. The number of urea groups is 1. The van der Waals surface area contributed by atoms with Crippen molar-refractivity contribution in [1.82, 2.24) is 10.6 Å². The summed E-state index contributed by atoms with van der Waals surface area (Å²) in [4.78, 5) is 10.9. The normalized spacial score (nSPS) is 14.6. The highest BCUT2D eigenvalue weighted by Crippen LogP contribution is 2.12. The van der Waals surface area contributed by atoms with Crippen molar-refractivity contribution < 1.29 is 23.1 Å². The molecule has 90 valence electrons. The molecule has 0 rings (SSSR count). The van der Waals surface area contributed by atoms with Gasteiger partial charge >= 0.3 is 12.2 Å². The van der Waals surface area contributed by atoms with Crippen LogP contribution in [-0.2, 0) is 0 Å². The van der Waals surface area contributed by atoms with Gasteiger partial charge in [0.25, 0.3) is 0 Å². The highest BCUT2D eigenvalue weighted by atomic mass is 19.4. The molecule has 0 bridgehead atoms. The van der Waals surface area contributed by atoms with E-state index < -0.39 is 30.4 Å². The summed E-state index contributed by atoms with van der Waals surface area (Å²) >= 11 is 0. The molecular formula is C8H15F3N2O2.